The molecule has 0 bridgehead atoms. The van der Waals surface area contributed by atoms with Crippen molar-refractivity contribution in [2.75, 3.05) is 6.61 Å². The Morgan fingerprint density at radius 3 is 1.97 bits per heavy atom. The van der Waals surface area contributed by atoms with Crippen LogP contribution in [0.1, 0.15) is 37.5 Å². The zero-order valence-corrected chi connectivity index (χ0v) is 16.6. The van der Waals surface area contributed by atoms with Crippen LogP contribution in [-0.2, 0) is 16.8 Å². The maximum absolute atomic E-state index is 10.5. The summed E-state index contributed by atoms with van der Waals surface area (Å²) >= 11 is 0. The molecule has 0 heterocycles. The van der Waals surface area contributed by atoms with Gasteiger partial charge in [0, 0.05) is 11.1 Å². The highest BCUT2D eigenvalue weighted by Gasteiger charge is 2.28. The average molecular weight is 407 g/mol. The number of ether oxygens (including phenoxy) is 1. The minimum atomic E-state index is -5.19. The number of alkyl halides is 3. The number of benzene rings is 2. The number of aliphatic carboxylic acids is 1. The van der Waals surface area contributed by atoms with Crippen LogP contribution in [0.3, 0.4) is 0 Å². The van der Waals surface area contributed by atoms with Gasteiger partial charge in [0.25, 0.3) is 0 Å². The maximum atomic E-state index is 10.5. The molecule has 0 saturated carbocycles. The molecule has 0 aliphatic heterocycles. The Bertz CT molecular complexity index is 841. The molecule has 0 aliphatic rings. The topological polar surface area (TPSA) is 77.0 Å². The number of carboxylic acids is 1. The maximum Gasteiger partial charge on any atom is 0.430 e. The minimum absolute atomic E-state index is 0.165. The molecule has 0 saturated heterocycles. The van der Waals surface area contributed by atoms with Crippen molar-refractivity contribution in [1.29, 1.82) is 0 Å². The van der Waals surface area contributed by atoms with E-state index in [0.29, 0.717) is 6.61 Å². The molecule has 0 unspecified atom stereocenters. The third-order valence-corrected chi connectivity index (χ3v) is 3.74. The van der Waals surface area contributed by atoms with E-state index in [4.69, 9.17) is 14.6 Å². The first-order valence-electron chi connectivity index (χ1n) is 8.82. The second kappa shape index (κ2) is 10.5. The van der Waals surface area contributed by atoms with E-state index in [0.717, 1.165) is 17.9 Å². The summed E-state index contributed by atoms with van der Waals surface area (Å²) in [4.78, 5) is 8.78. The number of carbonyl (C=O) groups is 1. The molecule has 0 amide bonds. The quantitative estimate of drug-likeness (QED) is 0.794. The third kappa shape index (κ3) is 9.17. The Balaban J connectivity index is 0.000000516. The number of rotatable bonds is 3. The second-order valence-electron chi connectivity index (χ2n) is 7.10. The molecular weight excluding hydrogens is 383 g/mol. The van der Waals surface area contributed by atoms with Crippen LogP contribution in [0.5, 0.6) is 5.75 Å². The van der Waals surface area contributed by atoms with Crippen LogP contribution in [-0.4, -0.2) is 18.8 Å². The van der Waals surface area contributed by atoms with E-state index in [1.54, 1.807) is 0 Å². The van der Waals surface area contributed by atoms with Gasteiger partial charge in [0.1, 0.15) is 18.3 Å². The van der Waals surface area contributed by atoms with Crippen LogP contribution in [0, 0.1) is 11.8 Å². The summed E-state index contributed by atoms with van der Waals surface area (Å²) in [5.41, 5.74) is 7.55. The first-order chi connectivity index (χ1) is 13.4. The molecule has 0 aromatic heterocycles. The lowest BCUT2D eigenvalue weighted by Gasteiger charge is -2.18. The third-order valence-electron chi connectivity index (χ3n) is 3.74. The molecule has 0 fully saturated rings. The average Bonchev–Trinajstić information content (AvgIpc) is 2.65. The summed E-state index contributed by atoms with van der Waals surface area (Å²) in [7, 11) is 0. The van der Waals surface area contributed by atoms with Gasteiger partial charge >= 0.3 is 6.18 Å². The molecule has 0 atom stereocenters. The van der Waals surface area contributed by atoms with Crippen molar-refractivity contribution in [2.45, 2.75) is 38.9 Å². The number of carboxylic acid groups (broad SMARTS) is 1. The molecule has 0 spiro atoms. The number of hydrogen-bond acceptors (Lipinski definition) is 3. The van der Waals surface area contributed by atoms with Crippen LogP contribution in [0.2, 0.25) is 0 Å². The summed E-state index contributed by atoms with van der Waals surface area (Å²) in [5, 5.41) is 8.78. The first-order valence-corrected chi connectivity index (χ1v) is 8.82. The lowest BCUT2D eigenvalue weighted by molar-refractivity contribution is -0.386. The van der Waals surface area contributed by atoms with Crippen LogP contribution in [0.25, 0.3) is 0 Å². The van der Waals surface area contributed by atoms with Crippen molar-refractivity contribution in [1.82, 2.24) is 0 Å². The van der Waals surface area contributed by atoms with Crippen molar-refractivity contribution >= 4 is 5.97 Å². The van der Waals surface area contributed by atoms with Crippen molar-refractivity contribution in [3.8, 4) is 17.6 Å². The van der Waals surface area contributed by atoms with Gasteiger partial charge in [-0.25, -0.2) is 0 Å². The van der Waals surface area contributed by atoms with E-state index in [1.165, 1.54) is 11.1 Å². The van der Waals surface area contributed by atoms with Crippen molar-refractivity contribution < 1.29 is 33.5 Å². The SMILES string of the molecule is CC(C)(C)c1ccc(OCC#Cc2ccc(C[NH3+])cc2)cc1.O=C([O-])C(F)(F)F. The van der Waals surface area contributed by atoms with Crippen LogP contribution in [0.15, 0.2) is 48.5 Å². The van der Waals surface area contributed by atoms with Gasteiger partial charge < -0.3 is 20.4 Å². The smallest absolute Gasteiger partial charge is 0.430 e. The molecule has 0 aliphatic carbocycles. The molecule has 2 rings (SSSR count). The zero-order valence-electron chi connectivity index (χ0n) is 16.6. The normalized spacial score (nSPS) is 10.9. The summed E-state index contributed by atoms with van der Waals surface area (Å²) in [6.07, 6.45) is -5.19. The van der Waals surface area contributed by atoms with Crippen LogP contribution in [0.4, 0.5) is 13.2 Å². The largest absolute Gasteiger partial charge is 0.542 e. The molecule has 2 aromatic carbocycles. The molecule has 29 heavy (non-hydrogen) atoms. The lowest BCUT2D eigenvalue weighted by atomic mass is 9.87. The molecule has 4 nitrogen and oxygen atoms in total. The van der Waals surface area contributed by atoms with E-state index in [1.807, 2.05) is 24.3 Å². The molecule has 3 N–H and O–H groups in total. The Morgan fingerprint density at radius 1 is 1.03 bits per heavy atom. The van der Waals surface area contributed by atoms with E-state index in [9.17, 15) is 13.2 Å². The summed E-state index contributed by atoms with van der Waals surface area (Å²) < 4.78 is 37.2. The fourth-order valence-corrected chi connectivity index (χ4v) is 2.06. The van der Waals surface area contributed by atoms with Gasteiger partial charge in [0.2, 0.25) is 0 Å². The Kier molecular flexibility index (Phi) is 8.74. The predicted molar refractivity (Wildman–Crippen MR) is 102 cm³/mol. The van der Waals surface area contributed by atoms with E-state index >= 15 is 0 Å². The molecule has 7 heteroatoms. The molecule has 0 radical (unpaired) electrons. The van der Waals surface area contributed by atoms with E-state index in [2.05, 4.69) is 62.6 Å². The molecule has 156 valence electrons. The Labute approximate surface area is 168 Å². The van der Waals surface area contributed by atoms with Crippen molar-refractivity contribution in [2.24, 2.45) is 0 Å². The van der Waals surface area contributed by atoms with Crippen molar-refractivity contribution in [3.63, 3.8) is 0 Å². The van der Waals surface area contributed by atoms with Gasteiger partial charge in [0.05, 0.1) is 6.54 Å². The number of carbonyl (C=O) groups excluding carboxylic acids is 1. The van der Waals surface area contributed by atoms with Gasteiger partial charge in [-0.3, -0.25) is 0 Å². The van der Waals surface area contributed by atoms with Gasteiger partial charge in [-0.15, -0.1) is 0 Å². The Hall–Kier alpha value is -2.98. The number of hydrogen-bond donors (Lipinski definition) is 1. The first kappa shape index (κ1) is 24.1. The predicted octanol–water partition coefficient (Wildman–Crippen LogP) is 2.46. The standard InChI is InChI=1S/C20H23NO.C2HF3O2/c1-20(2,3)18-10-12-19(13-11-18)22-14-4-5-16-6-8-17(15-21)9-7-16;3-2(4,5)1(6)7/h6-13H,14-15,21H2,1-3H3;(H,6,7). The summed E-state index contributed by atoms with van der Waals surface area (Å²) in [6, 6.07) is 16.4. The highest BCUT2D eigenvalue weighted by atomic mass is 19.4. The van der Waals surface area contributed by atoms with E-state index in [-0.39, 0.29) is 5.41 Å². The van der Waals surface area contributed by atoms with Gasteiger partial charge in [0.15, 0.2) is 0 Å². The van der Waals surface area contributed by atoms with Crippen LogP contribution >= 0.6 is 0 Å². The monoisotopic (exact) mass is 407 g/mol. The molecule has 2 aromatic rings. The fraction of sp³-hybridized carbons (Fsp3) is 0.318. The summed E-state index contributed by atoms with van der Waals surface area (Å²) in [5.74, 6) is 4.00. The minimum Gasteiger partial charge on any atom is -0.542 e. The van der Waals surface area contributed by atoms with Crippen molar-refractivity contribution in [3.05, 3.63) is 65.2 Å². The zero-order chi connectivity index (χ0) is 22.1. The second-order valence-corrected chi connectivity index (χ2v) is 7.10. The highest BCUT2D eigenvalue weighted by Crippen LogP contribution is 2.24. The van der Waals surface area contributed by atoms with Gasteiger partial charge in [-0.05, 0) is 35.2 Å². The van der Waals surface area contributed by atoms with Gasteiger partial charge in [-0.2, -0.15) is 13.2 Å². The highest BCUT2D eigenvalue weighted by molar-refractivity contribution is 5.70. The van der Waals surface area contributed by atoms with Crippen LogP contribution < -0.4 is 15.6 Å². The Morgan fingerprint density at radius 2 is 1.55 bits per heavy atom. The van der Waals surface area contributed by atoms with E-state index < -0.39 is 12.1 Å². The fourth-order valence-electron chi connectivity index (χ4n) is 2.06. The number of quaternary nitrogens is 1. The summed E-state index contributed by atoms with van der Waals surface area (Å²) in [6.45, 7) is 7.81. The number of halogens is 3. The van der Waals surface area contributed by atoms with Gasteiger partial charge in [-0.1, -0.05) is 56.9 Å². The lowest BCUT2D eigenvalue weighted by Crippen LogP contribution is -2.47. The molecular formula is C22H24F3NO3.